The van der Waals surface area contributed by atoms with Gasteiger partial charge in [-0.3, -0.25) is 4.90 Å². The normalized spacial score (nSPS) is 21.9. The van der Waals surface area contributed by atoms with Crippen LogP contribution in [0.25, 0.3) is 0 Å². The summed E-state index contributed by atoms with van der Waals surface area (Å²) < 4.78 is 4.71. The summed E-state index contributed by atoms with van der Waals surface area (Å²) in [4.78, 5) is 13.9. The molecule has 1 aromatic carbocycles. The Balaban J connectivity index is 2.06. The number of carbonyl (C=O) groups excluding carboxylic acids is 1. The van der Waals surface area contributed by atoms with Gasteiger partial charge < -0.3 is 10.1 Å². The smallest absolute Gasteiger partial charge is 0.337 e. The molecule has 1 saturated heterocycles. The highest BCUT2D eigenvalue weighted by Crippen LogP contribution is 2.21. The van der Waals surface area contributed by atoms with Crippen molar-refractivity contribution in [2.75, 3.05) is 26.7 Å². The van der Waals surface area contributed by atoms with E-state index in [1.54, 1.807) is 0 Å². The third-order valence-electron chi connectivity index (χ3n) is 3.76. The van der Waals surface area contributed by atoms with Crippen molar-refractivity contribution in [1.82, 2.24) is 10.2 Å². The van der Waals surface area contributed by atoms with Crippen molar-refractivity contribution in [3.05, 3.63) is 35.4 Å². The van der Waals surface area contributed by atoms with E-state index < -0.39 is 0 Å². The van der Waals surface area contributed by atoms with Gasteiger partial charge in [0.05, 0.1) is 12.7 Å². The topological polar surface area (TPSA) is 41.6 Å². The number of esters is 1. The summed E-state index contributed by atoms with van der Waals surface area (Å²) in [6, 6.07) is 8.61. The van der Waals surface area contributed by atoms with Crippen LogP contribution in [0.15, 0.2) is 24.3 Å². The molecule has 1 heterocycles. The molecule has 1 fully saturated rings. The molecule has 2 atom stereocenters. The molecule has 0 bridgehead atoms. The van der Waals surface area contributed by atoms with E-state index >= 15 is 0 Å². The molecule has 0 saturated carbocycles. The molecule has 0 aliphatic carbocycles. The molecular weight excluding hydrogens is 240 g/mol. The van der Waals surface area contributed by atoms with Gasteiger partial charge in [0.15, 0.2) is 0 Å². The summed E-state index contributed by atoms with van der Waals surface area (Å²) >= 11 is 0. The molecule has 1 aliphatic rings. The zero-order valence-corrected chi connectivity index (χ0v) is 11.8. The van der Waals surface area contributed by atoms with Crippen LogP contribution in [-0.4, -0.2) is 43.7 Å². The van der Waals surface area contributed by atoms with E-state index in [4.69, 9.17) is 4.74 Å². The van der Waals surface area contributed by atoms with Gasteiger partial charge in [-0.25, -0.2) is 4.79 Å². The summed E-state index contributed by atoms with van der Waals surface area (Å²) in [5, 5.41) is 3.45. The molecular formula is C15H22N2O2. The van der Waals surface area contributed by atoms with Gasteiger partial charge in [-0.2, -0.15) is 0 Å². The predicted octanol–water partition coefficient (Wildman–Crippen LogP) is 1.83. The van der Waals surface area contributed by atoms with Gasteiger partial charge in [-0.05, 0) is 31.5 Å². The fraction of sp³-hybridized carbons (Fsp3) is 0.533. The van der Waals surface area contributed by atoms with Gasteiger partial charge in [0.25, 0.3) is 0 Å². The molecule has 0 aromatic heterocycles. The lowest BCUT2D eigenvalue weighted by Crippen LogP contribution is -2.49. The standard InChI is InChI=1S/C15H22N2O2/c1-11-10-17(9-8-16-11)12(2)13-4-6-14(7-5-13)15(18)19-3/h4-7,11-12,16H,8-10H2,1-3H3. The maximum atomic E-state index is 11.4. The zero-order chi connectivity index (χ0) is 13.8. The van der Waals surface area contributed by atoms with Crippen LogP contribution in [-0.2, 0) is 4.74 Å². The minimum atomic E-state index is -0.282. The predicted molar refractivity (Wildman–Crippen MR) is 75.2 cm³/mol. The number of nitrogens with zero attached hydrogens (tertiary/aromatic N) is 1. The lowest BCUT2D eigenvalue weighted by atomic mass is 10.0. The summed E-state index contributed by atoms with van der Waals surface area (Å²) in [7, 11) is 1.40. The Morgan fingerprint density at radius 3 is 2.68 bits per heavy atom. The second-order valence-electron chi connectivity index (χ2n) is 5.14. The molecule has 4 heteroatoms. The van der Waals surface area contributed by atoms with Crippen LogP contribution < -0.4 is 5.32 Å². The third kappa shape index (κ3) is 3.33. The van der Waals surface area contributed by atoms with E-state index in [0.717, 1.165) is 19.6 Å². The lowest BCUT2D eigenvalue weighted by molar-refractivity contribution is 0.0600. The number of benzene rings is 1. The van der Waals surface area contributed by atoms with Crippen LogP contribution in [0, 0.1) is 0 Å². The first-order valence-electron chi connectivity index (χ1n) is 6.77. The van der Waals surface area contributed by atoms with Crippen molar-refractivity contribution >= 4 is 5.97 Å². The highest BCUT2D eigenvalue weighted by Gasteiger charge is 2.21. The van der Waals surface area contributed by atoms with Gasteiger partial charge >= 0.3 is 5.97 Å². The summed E-state index contributed by atoms with van der Waals surface area (Å²) in [6.07, 6.45) is 0. The van der Waals surface area contributed by atoms with E-state index in [1.165, 1.54) is 12.7 Å². The molecule has 0 amide bonds. The number of carbonyl (C=O) groups is 1. The van der Waals surface area contributed by atoms with Crippen molar-refractivity contribution in [2.45, 2.75) is 25.9 Å². The average molecular weight is 262 g/mol. The Morgan fingerprint density at radius 1 is 1.42 bits per heavy atom. The third-order valence-corrected chi connectivity index (χ3v) is 3.76. The van der Waals surface area contributed by atoms with E-state index in [1.807, 2.05) is 24.3 Å². The minimum Gasteiger partial charge on any atom is -0.465 e. The van der Waals surface area contributed by atoms with Crippen LogP contribution in [0.1, 0.15) is 35.8 Å². The van der Waals surface area contributed by atoms with Crippen LogP contribution >= 0.6 is 0 Å². The van der Waals surface area contributed by atoms with Gasteiger partial charge in [0, 0.05) is 31.7 Å². The molecule has 1 N–H and O–H groups in total. The molecule has 0 spiro atoms. The van der Waals surface area contributed by atoms with Crippen LogP contribution in [0.3, 0.4) is 0 Å². The van der Waals surface area contributed by atoms with Crippen molar-refractivity contribution in [3.63, 3.8) is 0 Å². The second-order valence-corrected chi connectivity index (χ2v) is 5.14. The maximum absolute atomic E-state index is 11.4. The number of nitrogens with one attached hydrogen (secondary N) is 1. The fourth-order valence-corrected chi connectivity index (χ4v) is 2.54. The Labute approximate surface area is 114 Å². The van der Waals surface area contributed by atoms with Crippen molar-refractivity contribution in [3.8, 4) is 0 Å². The Bertz CT molecular complexity index is 430. The minimum absolute atomic E-state index is 0.282. The van der Waals surface area contributed by atoms with Crippen LogP contribution in [0.2, 0.25) is 0 Å². The average Bonchev–Trinajstić information content (AvgIpc) is 2.46. The van der Waals surface area contributed by atoms with Gasteiger partial charge in [-0.15, -0.1) is 0 Å². The lowest BCUT2D eigenvalue weighted by Gasteiger charge is -2.36. The van der Waals surface area contributed by atoms with Crippen LogP contribution in [0.4, 0.5) is 0 Å². The Kier molecular flexibility index (Phi) is 4.56. The van der Waals surface area contributed by atoms with Gasteiger partial charge in [-0.1, -0.05) is 12.1 Å². The first kappa shape index (κ1) is 14.0. The summed E-state index contributed by atoms with van der Waals surface area (Å²) in [6.45, 7) is 7.57. The molecule has 1 aromatic rings. The molecule has 2 unspecified atom stereocenters. The zero-order valence-electron chi connectivity index (χ0n) is 11.8. The summed E-state index contributed by atoms with van der Waals surface area (Å²) in [5.74, 6) is -0.282. The molecule has 19 heavy (non-hydrogen) atoms. The quantitative estimate of drug-likeness (QED) is 0.844. The molecule has 1 aliphatic heterocycles. The Morgan fingerprint density at radius 2 is 2.11 bits per heavy atom. The van der Waals surface area contributed by atoms with Gasteiger partial charge in [0.1, 0.15) is 0 Å². The largest absolute Gasteiger partial charge is 0.465 e. The first-order chi connectivity index (χ1) is 9.11. The number of piperazine rings is 1. The van der Waals surface area contributed by atoms with Gasteiger partial charge in [0.2, 0.25) is 0 Å². The first-order valence-corrected chi connectivity index (χ1v) is 6.77. The van der Waals surface area contributed by atoms with Crippen molar-refractivity contribution < 1.29 is 9.53 Å². The monoisotopic (exact) mass is 262 g/mol. The second kappa shape index (κ2) is 6.17. The highest BCUT2D eigenvalue weighted by atomic mass is 16.5. The molecule has 104 valence electrons. The number of methoxy groups -OCH3 is 1. The Hall–Kier alpha value is -1.39. The van der Waals surface area contributed by atoms with E-state index in [9.17, 15) is 4.79 Å². The number of hydrogen-bond donors (Lipinski definition) is 1. The van der Waals surface area contributed by atoms with E-state index in [-0.39, 0.29) is 5.97 Å². The SMILES string of the molecule is COC(=O)c1ccc(C(C)N2CCNC(C)C2)cc1. The molecule has 4 nitrogen and oxygen atoms in total. The number of ether oxygens (including phenoxy) is 1. The van der Waals surface area contributed by atoms with E-state index in [0.29, 0.717) is 17.6 Å². The molecule has 2 rings (SSSR count). The van der Waals surface area contributed by atoms with Crippen molar-refractivity contribution in [2.24, 2.45) is 0 Å². The number of rotatable bonds is 3. The number of hydrogen-bond acceptors (Lipinski definition) is 4. The van der Waals surface area contributed by atoms with Crippen molar-refractivity contribution in [1.29, 1.82) is 0 Å². The summed E-state index contributed by atoms with van der Waals surface area (Å²) in [5.41, 5.74) is 1.84. The van der Waals surface area contributed by atoms with Crippen LogP contribution in [0.5, 0.6) is 0 Å². The fourth-order valence-electron chi connectivity index (χ4n) is 2.54. The maximum Gasteiger partial charge on any atom is 0.337 e. The van der Waals surface area contributed by atoms with E-state index in [2.05, 4.69) is 24.1 Å². The molecule has 0 radical (unpaired) electrons. The highest BCUT2D eigenvalue weighted by molar-refractivity contribution is 5.89.